The number of carbonyl (C=O) groups is 1. The Kier molecular flexibility index (Phi) is 7.18. The smallest absolute Gasteiger partial charge is 0.351 e. The van der Waals surface area contributed by atoms with Gasteiger partial charge in [0, 0.05) is 37.0 Å². The minimum Gasteiger partial charge on any atom is -0.351 e. The van der Waals surface area contributed by atoms with E-state index in [1.807, 2.05) is 42.7 Å². The first-order valence-corrected chi connectivity index (χ1v) is 11.3. The molecule has 0 bridgehead atoms. The highest BCUT2D eigenvalue weighted by Gasteiger charge is 2.31. The van der Waals surface area contributed by atoms with Crippen LogP contribution in [0.15, 0.2) is 79.4 Å². The molecule has 2 aromatic carbocycles. The van der Waals surface area contributed by atoms with Crippen molar-refractivity contribution in [1.82, 2.24) is 9.80 Å². The fraction of sp³-hybridized carbons (Fsp3) is 0.346. The highest BCUT2D eigenvalue weighted by molar-refractivity contribution is 5.61. The van der Waals surface area contributed by atoms with Crippen molar-refractivity contribution in [3.8, 4) is 0 Å². The Labute approximate surface area is 192 Å². The number of hydrogen-bond donors (Lipinski definition) is 0. The van der Waals surface area contributed by atoms with E-state index in [1.165, 1.54) is 6.07 Å². The zero-order chi connectivity index (χ0) is 23.3. The molecule has 2 aromatic rings. The summed E-state index contributed by atoms with van der Waals surface area (Å²) in [7, 11) is 0. The van der Waals surface area contributed by atoms with Crippen LogP contribution < -0.4 is 4.90 Å². The standard InChI is InChI=1S/C26H28F3N3O/c27-26(28,29)23-7-4-8-24(19-23)31-17-15-30(16-18-31)12-9-21-10-13-32(14-11-21)25(20-33)22-5-2-1-3-6-22/h1-8,15-21,25H,9-14H2. The van der Waals surface area contributed by atoms with Gasteiger partial charge in [0.1, 0.15) is 6.29 Å². The number of alkyl halides is 3. The van der Waals surface area contributed by atoms with Crippen molar-refractivity contribution < 1.29 is 18.0 Å². The molecule has 4 rings (SSSR count). The second-order valence-electron chi connectivity index (χ2n) is 8.55. The molecule has 0 amide bonds. The fourth-order valence-corrected chi connectivity index (χ4v) is 4.46. The van der Waals surface area contributed by atoms with Gasteiger partial charge in [0.2, 0.25) is 0 Å². The Morgan fingerprint density at radius 2 is 1.64 bits per heavy atom. The van der Waals surface area contributed by atoms with Crippen LogP contribution in [-0.2, 0) is 11.0 Å². The van der Waals surface area contributed by atoms with Crippen LogP contribution in [0.1, 0.15) is 36.4 Å². The molecule has 174 valence electrons. The first kappa shape index (κ1) is 23.1. The normalized spacial score (nSPS) is 18.5. The summed E-state index contributed by atoms with van der Waals surface area (Å²) in [6.45, 7) is 2.65. The highest BCUT2D eigenvalue weighted by Crippen LogP contribution is 2.32. The van der Waals surface area contributed by atoms with Gasteiger partial charge in [-0.15, -0.1) is 0 Å². The van der Waals surface area contributed by atoms with Crippen LogP contribution in [0.4, 0.5) is 18.9 Å². The van der Waals surface area contributed by atoms with Gasteiger partial charge in [-0.25, -0.2) is 0 Å². The van der Waals surface area contributed by atoms with Crippen LogP contribution in [0.25, 0.3) is 0 Å². The van der Waals surface area contributed by atoms with E-state index in [9.17, 15) is 18.0 Å². The van der Waals surface area contributed by atoms with Crippen LogP contribution in [0.3, 0.4) is 0 Å². The Bertz CT molecular complexity index is 968. The fourth-order valence-electron chi connectivity index (χ4n) is 4.46. The lowest BCUT2D eigenvalue weighted by atomic mass is 9.91. The Balaban J connectivity index is 1.25. The predicted molar refractivity (Wildman–Crippen MR) is 123 cm³/mol. The molecular weight excluding hydrogens is 427 g/mol. The molecule has 0 spiro atoms. The summed E-state index contributed by atoms with van der Waals surface area (Å²) in [6, 6.07) is 15.0. The summed E-state index contributed by atoms with van der Waals surface area (Å²) in [5, 5.41) is 0. The van der Waals surface area contributed by atoms with Crippen LogP contribution in [-0.4, -0.2) is 35.7 Å². The van der Waals surface area contributed by atoms with Gasteiger partial charge in [0.05, 0.1) is 11.6 Å². The summed E-state index contributed by atoms with van der Waals surface area (Å²) < 4.78 is 38.9. The molecule has 1 saturated heterocycles. The first-order chi connectivity index (χ1) is 15.9. The predicted octanol–water partition coefficient (Wildman–Crippen LogP) is 5.81. The molecule has 2 aliphatic heterocycles. The number of piperidine rings is 1. The van der Waals surface area contributed by atoms with E-state index in [0.29, 0.717) is 11.6 Å². The topological polar surface area (TPSA) is 26.8 Å². The SMILES string of the molecule is O=CC(c1ccccc1)N1CCC(CCN2C=CN(c3cccc(C(F)(F)F)c3)C=C2)CC1. The zero-order valence-corrected chi connectivity index (χ0v) is 18.4. The van der Waals surface area contributed by atoms with E-state index in [0.717, 1.165) is 62.9 Å². The molecule has 2 heterocycles. The van der Waals surface area contributed by atoms with E-state index in [2.05, 4.69) is 9.80 Å². The number of nitrogens with zero attached hydrogens (tertiary/aromatic N) is 3. The number of benzene rings is 2. The largest absolute Gasteiger partial charge is 0.416 e. The average Bonchev–Trinajstić information content (AvgIpc) is 2.85. The van der Waals surface area contributed by atoms with Gasteiger partial charge in [-0.05, 0) is 62.0 Å². The summed E-state index contributed by atoms with van der Waals surface area (Å²) in [5.74, 6) is 0.590. The van der Waals surface area contributed by atoms with Gasteiger partial charge in [0.15, 0.2) is 0 Å². The van der Waals surface area contributed by atoms with Crippen molar-refractivity contribution in [2.45, 2.75) is 31.5 Å². The minimum absolute atomic E-state index is 0.179. The molecule has 1 atom stereocenters. The number of rotatable bonds is 7. The molecule has 33 heavy (non-hydrogen) atoms. The summed E-state index contributed by atoms with van der Waals surface area (Å²) >= 11 is 0. The molecule has 0 N–H and O–H groups in total. The average molecular weight is 456 g/mol. The molecular formula is C26H28F3N3O. The molecule has 4 nitrogen and oxygen atoms in total. The zero-order valence-electron chi connectivity index (χ0n) is 18.4. The number of likely N-dealkylation sites (tertiary alicyclic amines) is 1. The number of hydrogen-bond acceptors (Lipinski definition) is 4. The van der Waals surface area contributed by atoms with Gasteiger partial charge in [-0.1, -0.05) is 36.4 Å². The van der Waals surface area contributed by atoms with E-state index in [4.69, 9.17) is 0 Å². The van der Waals surface area contributed by atoms with Crippen LogP contribution >= 0.6 is 0 Å². The molecule has 7 heteroatoms. The third-order valence-electron chi connectivity index (χ3n) is 6.42. The van der Waals surface area contributed by atoms with E-state index < -0.39 is 11.7 Å². The first-order valence-electron chi connectivity index (χ1n) is 11.3. The molecule has 1 unspecified atom stereocenters. The Hall–Kier alpha value is -3.06. The highest BCUT2D eigenvalue weighted by atomic mass is 19.4. The molecule has 0 aromatic heterocycles. The number of anilines is 1. The second kappa shape index (κ2) is 10.3. The van der Waals surface area contributed by atoms with E-state index in [-0.39, 0.29) is 6.04 Å². The van der Waals surface area contributed by atoms with Crippen molar-refractivity contribution in [2.75, 3.05) is 24.5 Å². The summed E-state index contributed by atoms with van der Waals surface area (Å²) in [4.78, 5) is 17.7. The van der Waals surface area contributed by atoms with E-state index in [1.54, 1.807) is 23.4 Å². The van der Waals surface area contributed by atoms with Crippen molar-refractivity contribution in [3.63, 3.8) is 0 Å². The van der Waals surface area contributed by atoms with Crippen LogP contribution in [0, 0.1) is 5.92 Å². The summed E-state index contributed by atoms with van der Waals surface area (Å²) in [6.07, 6.45) is 7.18. The molecule has 2 aliphatic rings. The van der Waals surface area contributed by atoms with Gasteiger partial charge in [-0.2, -0.15) is 13.2 Å². The molecule has 0 radical (unpaired) electrons. The van der Waals surface area contributed by atoms with Crippen molar-refractivity contribution >= 4 is 12.0 Å². The second-order valence-corrected chi connectivity index (χ2v) is 8.55. The van der Waals surface area contributed by atoms with Crippen molar-refractivity contribution in [2.24, 2.45) is 5.92 Å². The number of halogens is 3. The van der Waals surface area contributed by atoms with Gasteiger partial charge in [-0.3, -0.25) is 4.90 Å². The minimum atomic E-state index is -4.35. The van der Waals surface area contributed by atoms with Gasteiger partial charge in [0.25, 0.3) is 0 Å². The van der Waals surface area contributed by atoms with E-state index >= 15 is 0 Å². The third kappa shape index (κ3) is 5.85. The quantitative estimate of drug-likeness (QED) is 0.492. The summed E-state index contributed by atoms with van der Waals surface area (Å²) in [5.41, 5.74) is 0.868. The lowest BCUT2D eigenvalue weighted by Gasteiger charge is -2.36. The molecule has 0 aliphatic carbocycles. The van der Waals surface area contributed by atoms with Gasteiger partial charge >= 0.3 is 6.18 Å². The lowest BCUT2D eigenvalue weighted by molar-refractivity contribution is -0.137. The third-order valence-corrected chi connectivity index (χ3v) is 6.42. The van der Waals surface area contributed by atoms with Gasteiger partial charge < -0.3 is 14.6 Å². The van der Waals surface area contributed by atoms with Crippen LogP contribution in [0.5, 0.6) is 0 Å². The molecule has 0 saturated carbocycles. The number of carbonyl (C=O) groups excluding carboxylic acids is 1. The van der Waals surface area contributed by atoms with Crippen molar-refractivity contribution in [3.05, 3.63) is 90.5 Å². The molecule has 1 fully saturated rings. The maximum atomic E-state index is 13.0. The Morgan fingerprint density at radius 1 is 0.939 bits per heavy atom. The van der Waals surface area contributed by atoms with Crippen molar-refractivity contribution in [1.29, 1.82) is 0 Å². The maximum Gasteiger partial charge on any atom is 0.416 e. The lowest BCUT2D eigenvalue weighted by Crippen LogP contribution is -2.38. The number of aldehydes is 1. The van der Waals surface area contributed by atoms with Crippen LogP contribution in [0.2, 0.25) is 0 Å². The maximum absolute atomic E-state index is 13.0. The monoisotopic (exact) mass is 455 g/mol. The Morgan fingerprint density at radius 3 is 2.27 bits per heavy atom.